The second-order valence-electron chi connectivity index (χ2n) is 8.71. The van der Waals surface area contributed by atoms with Crippen molar-refractivity contribution < 1.29 is 23.1 Å². The number of hydrogen-bond acceptors (Lipinski definition) is 8. The molecule has 2 aromatic heterocycles. The largest absolute Gasteiger partial charge is 0.480 e. The number of nitrogens with one attached hydrogen (secondary N) is 5. The molecule has 1 aliphatic heterocycles. The van der Waals surface area contributed by atoms with Gasteiger partial charge in [0.2, 0.25) is 5.88 Å². The van der Waals surface area contributed by atoms with Gasteiger partial charge in [-0.05, 0) is 48.6 Å². The highest BCUT2D eigenvalue weighted by molar-refractivity contribution is 8.36. The van der Waals surface area contributed by atoms with Crippen LogP contribution in [-0.2, 0) is 10.6 Å². The summed E-state index contributed by atoms with van der Waals surface area (Å²) in [6, 6.07) is 6.20. The first-order valence-corrected chi connectivity index (χ1v) is 14.0. The van der Waals surface area contributed by atoms with Gasteiger partial charge in [-0.15, -0.1) is 20.2 Å². The number of methoxy groups -OCH3 is 1. The number of likely N-dealkylation sites (N-methyl/N-ethyl adjacent to an activating group) is 1. The quantitative estimate of drug-likeness (QED) is 0.132. The zero-order valence-corrected chi connectivity index (χ0v) is 22.8. The molecule has 0 saturated carbocycles. The monoisotopic (exact) mass is 577 g/mol. The number of fused-ring (bicyclic) bond motifs is 1. The number of H-pyrrole nitrogens is 2. The topological polar surface area (TPSA) is 163 Å². The lowest BCUT2D eigenvalue weighted by Gasteiger charge is -2.38. The van der Waals surface area contributed by atoms with Gasteiger partial charge in [0.15, 0.2) is 0 Å². The maximum atomic E-state index is 15.2. The SMILES string of the molecule is CNCC1=C(CCCNC(=O)NOC)S(Cc2c(F)cccc2F)(c2ccc(OC)nn2)c2[nH]c(=O)[nH]c(=O)c21. The van der Waals surface area contributed by atoms with Crippen LogP contribution in [-0.4, -0.2) is 60.6 Å². The van der Waals surface area contributed by atoms with Crippen molar-refractivity contribution >= 4 is 21.6 Å². The zero-order chi connectivity index (χ0) is 28.9. The summed E-state index contributed by atoms with van der Waals surface area (Å²) in [4.78, 5) is 48.0. The number of aromatic nitrogens is 4. The van der Waals surface area contributed by atoms with Crippen LogP contribution < -0.4 is 32.1 Å². The summed E-state index contributed by atoms with van der Waals surface area (Å²) >= 11 is 0. The Morgan fingerprint density at radius 3 is 2.45 bits per heavy atom. The van der Waals surface area contributed by atoms with Crippen molar-refractivity contribution in [2.45, 2.75) is 28.6 Å². The van der Waals surface area contributed by atoms with Crippen molar-refractivity contribution in [1.29, 1.82) is 0 Å². The predicted octanol–water partition coefficient (Wildman–Crippen LogP) is 2.15. The van der Waals surface area contributed by atoms with Crippen molar-refractivity contribution in [3.63, 3.8) is 0 Å². The molecule has 0 bridgehead atoms. The van der Waals surface area contributed by atoms with Crippen LogP contribution in [0.3, 0.4) is 0 Å². The van der Waals surface area contributed by atoms with E-state index < -0.39 is 38.9 Å². The van der Waals surface area contributed by atoms with Crippen LogP contribution in [0.1, 0.15) is 24.0 Å². The van der Waals surface area contributed by atoms with Crippen molar-refractivity contribution in [2.24, 2.45) is 0 Å². The number of urea groups is 1. The Bertz CT molecular complexity index is 1520. The van der Waals surface area contributed by atoms with Crippen LogP contribution in [0.25, 0.3) is 5.57 Å². The molecule has 15 heteroatoms. The van der Waals surface area contributed by atoms with Gasteiger partial charge in [0.1, 0.15) is 16.7 Å². The number of hydrogen-bond donors (Lipinski definition) is 5. The number of carbonyl (C=O) groups is 1. The zero-order valence-electron chi connectivity index (χ0n) is 22.0. The van der Waals surface area contributed by atoms with E-state index in [0.717, 1.165) is 12.1 Å². The van der Waals surface area contributed by atoms with Gasteiger partial charge in [0.25, 0.3) is 5.56 Å². The summed E-state index contributed by atoms with van der Waals surface area (Å²) in [6.45, 7) is 0.430. The molecule has 0 aliphatic carbocycles. The third-order valence-corrected chi connectivity index (χ3v) is 10.3. The molecule has 4 rings (SSSR count). The van der Waals surface area contributed by atoms with Crippen LogP contribution in [0.4, 0.5) is 13.6 Å². The molecule has 40 heavy (non-hydrogen) atoms. The number of ether oxygens (including phenoxy) is 1. The summed E-state index contributed by atoms with van der Waals surface area (Å²) < 4.78 is 35.5. The Hall–Kier alpha value is -4.08. The highest BCUT2D eigenvalue weighted by Gasteiger charge is 2.46. The number of amides is 2. The fourth-order valence-corrected chi connectivity index (χ4v) is 8.98. The van der Waals surface area contributed by atoms with Gasteiger partial charge in [-0.1, -0.05) is 6.07 Å². The highest BCUT2D eigenvalue weighted by atomic mass is 32.3. The number of allylic oxidation sites excluding steroid dienone is 1. The van der Waals surface area contributed by atoms with Gasteiger partial charge in [0, 0.05) is 30.5 Å². The fraction of sp³-hybridized carbons (Fsp3) is 0.320. The van der Waals surface area contributed by atoms with Gasteiger partial charge in [-0.2, -0.15) is 0 Å². The van der Waals surface area contributed by atoms with Gasteiger partial charge in [0.05, 0.1) is 24.8 Å². The molecule has 1 unspecified atom stereocenters. The fourth-order valence-electron chi connectivity index (χ4n) is 4.70. The number of rotatable bonds is 11. The first kappa shape index (κ1) is 28.9. The maximum Gasteiger partial charge on any atom is 0.338 e. The van der Waals surface area contributed by atoms with Crippen LogP contribution in [0.15, 0.2) is 54.9 Å². The van der Waals surface area contributed by atoms with E-state index in [-0.39, 0.29) is 40.9 Å². The van der Waals surface area contributed by atoms with Gasteiger partial charge >= 0.3 is 11.7 Å². The van der Waals surface area contributed by atoms with Crippen molar-refractivity contribution in [3.05, 3.63) is 78.8 Å². The number of nitrogens with zero attached hydrogens (tertiary/aromatic N) is 2. The first-order valence-electron chi connectivity index (χ1n) is 12.2. The molecule has 1 aliphatic rings. The van der Waals surface area contributed by atoms with Gasteiger partial charge in [-0.25, -0.2) is 23.9 Å². The number of hydroxylamine groups is 1. The van der Waals surface area contributed by atoms with Crippen LogP contribution >= 0.6 is 10.0 Å². The summed E-state index contributed by atoms with van der Waals surface area (Å²) in [5.74, 6) is -1.58. The lowest BCUT2D eigenvalue weighted by Crippen LogP contribution is -2.35. The third kappa shape index (κ3) is 5.48. The van der Waals surface area contributed by atoms with Gasteiger partial charge in [-0.3, -0.25) is 14.6 Å². The van der Waals surface area contributed by atoms with E-state index in [0.29, 0.717) is 28.3 Å². The second-order valence-corrected chi connectivity index (χ2v) is 11.8. The van der Waals surface area contributed by atoms with Crippen molar-refractivity contribution in [2.75, 3.05) is 34.4 Å². The Morgan fingerprint density at radius 1 is 1.07 bits per heavy atom. The molecule has 0 spiro atoms. The lowest BCUT2D eigenvalue weighted by atomic mass is 10.1. The number of aromatic amines is 2. The van der Waals surface area contributed by atoms with Gasteiger partial charge < -0.3 is 20.4 Å². The minimum Gasteiger partial charge on any atom is -0.480 e. The summed E-state index contributed by atoms with van der Waals surface area (Å²) in [7, 11) is 1.63. The maximum absolute atomic E-state index is 15.2. The van der Waals surface area contributed by atoms with E-state index in [2.05, 4.69) is 41.1 Å². The Kier molecular flexibility index (Phi) is 8.96. The molecule has 0 saturated heterocycles. The second kappa shape index (κ2) is 12.4. The molecule has 214 valence electrons. The molecule has 5 N–H and O–H groups in total. The molecule has 1 aromatic carbocycles. The molecule has 12 nitrogen and oxygen atoms in total. The standard InChI is InChI=1S/C25H29F2N7O5S/c1-28-12-14-18(8-5-11-29-24(36)34-39-3)40(20-10-9-19(38-2)32-33-20,13-15-16(26)6-4-7-17(15)27)23-21(14)22(35)30-25(37)31-23/h4,6-7,9-10,28H,5,8,11-13H2,1-3H3,(H2,29,34,36)(H2,30,31,35,37). The van der Waals surface area contributed by atoms with Crippen LogP contribution in [0.5, 0.6) is 5.88 Å². The number of benzene rings is 1. The number of carbonyl (C=O) groups excluding carboxylic acids is 1. The van der Waals surface area contributed by atoms with E-state index in [1.165, 1.54) is 20.3 Å². The van der Waals surface area contributed by atoms with Crippen molar-refractivity contribution in [1.82, 2.24) is 36.3 Å². The molecular formula is C25H29F2N7O5S. The Balaban J connectivity index is 1.98. The minimum absolute atomic E-state index is 0.207. The predicted molar refractivity (Wildman–Crippen MR) is 144 cm³/mol. The highest BCUT2D eigenvalue weighted by Crippen LogP contribution is 2.75. The normalized spacial score (nSPS) is 17.7. The van der Waals surface area contributed by atoms with Crippen LogP contribution in [0.2, 0.25) is 0 Å². The first-order chi connectivity index (χ1) is 19.3. The Morgan fingerprint density at radius 2 is 1.82 bits per heavy atom. The Labute approximate surface area is 228 Å². The van der Waals surface area contributed by atoms with Crippen molar-refractivity contribution in [3.8, 4) is 5.88 Å². The molecular weight excluding hydrogens is 548 g/mol. The molecule has 1 atom stereocenters. The van der Waals surface area contributed by atoms with Crippen LogP contribution in [0, 0.1) is 11.6 Å². The molecule has 0 radical (unpaired) electrons. The molecule has 3 heterocycles. The number of halogens is 2. The smallest absolute Gasteiger partial charge is 0.338 e. The molecule has 0 fully saturated rings. The molecule has 2 amide bonds. The van der Waals surface area contributed by atoms with E-state index in [4.69, 9.17) is 4.74 Å². The average Bonchev–Trinajstić information content (AvgIpc) is 3.18. The summed E-state index contributed by atoms with van der Waals surface area (Å²) in [5.41, 5.74) is 1.32. The average molecular weight is 578 g/mol. The summed E-state index contributed by atoms with van der Waals surface area (Å²) in [6.07, 6.45) is 0.674. The van der Waals surface area contributed by atoms with E-state index in [1.807, 2.05) is 0 Å². The van der Waals surface area contributed by atoms with E-state index in [1.54, 1.807) is 19.2 Å². The third-order valence-electron chi connectivity index (χ3n) is 6.33. The summed E-state index contributed by atoms with van der Waals surface area (Å²) in [5, 5.41) is 14.7. The molecule has 3 aromatic rings. The minimum atomic E-state index is -2.79. The van der Waals surface area contributed by atoms with E-state index >= 15 is 8.78 Å². The van der Waals surface area contributed by atoms with E-state index in [9.17, 15) is 14.4 Å². The lowest BCUT2D eigenvalue weighted by molar-refractivity contribution is 0.107.